The van der Waals surface area contributed by atoms with Crippen molar-refractivity contribution in [2.24, 2.45) is 5.73 Å². The van der Waals surface area contributed by atoms with Gasteiger partial charge in [0.2, 0.25) is 5.13 Å². The molecule has 1 aromatic heterocycles. The summed E-state index contributed by atoms with van der Waals surface area (Å²) in [5, 5.41) is 3.96. The molecule has 6 heteroatoms. The van der Waals surface area contributed by atoms with Gasteiger partial charge in [-0.3, -0.25) is 0 Å². The Kier molecular flexibility index (Phi) is 3.89. The maximum atomic E-state index is 5.39. The van der Waals surface area contributed by atoms with Gasteiger partial charge in [-0.15, -0.1) is 0 Å². The molecule has 0 saturated heterocycles. The third kappa shape index (κ3) is 3.40. The normalized spacial score (nSPS) is 10.2. The average Bonchev–Trinajstić information content (AvgIpc) is 2.74. The lowest BCUT2D eigenvalue weighted by Gasteiger charge is -2.06. The second-order valence-corrected chi connectivity index (χ2v) is 4.19. The Labute approximate surface area is 104 Å². The number of hydrogen-bond donors (Lipinski definition) is 2. The number of hydrogen-bond acceptors (Lipinski definition) is 6. The first kappa shape index (κ1) is 11.8. The zero-order valence-corrected chi connectivity index (χ0v) is 10.3. The molecule has 0 atom stereocenters. The quantitative estimate of drug-likeness (QED) is 0.848. The van der Waals surface area contributed by atoms with E-state index in [0.717, 1.165) is 22.4 Å². The molecule has 0 spiro atoms. The summed E-state index contributed by atoms with van der Waals surface area (Å²) in [6.45, 7) is 2.91. The van der Waals surface area contributed by atoms with Gasteiger partial charge in [0.1, 0.15) is 18.2 Å². The number of nitrogens with zero attached hydrogens (tertiary/aromatic N) is 2. The van der Waals surface area contributed by atoms with Crippen molar-refractivity contribution in [1.82, 2.24) is 9.36 Å². The monoisotopic (exact) mass is 250 g/mol. The fourth-order valence-electron chi connectivity index (χ4n) is 1.28. The highest BCUT2D eigenvalue weighted by Gasteiger charge is 2.00. The molecule has 0 radical (unpaired) electrons. The van der Waals surface area contributed by atoms with Crippen molar-refractivity contribution in [3.05, 3.63) is 30.1 Å². The van der Waals surface area contributed by atoms with Gasteiger partial charge < -0.3 is 15.8 Å². The number of benzene rings is 1. The molecule has 3 N–H and O–H groups in total. The van der Waals surface area contributed by atoms with Gasteiger partial charge >= 0.3 is 0 Å². The Morgan fingerprint density at radius 2 is 2.12 bits per heavy atom. The molecule has 0 aliphatic rings. The second kappa shape index (κ2) is 5.60. The van der Waals surface area contributed by atoms with Crippen LogP contribution in [0.3, 0.4) is 0 Å². The number of aromatic nitrogens is 2. The molecule has 1 heterocycles. The van der Waals surface area contributed by atoms with Crippen molar-refractivity contribution in [1.29, 1.82) is 0 Å². The number of rotatable bonds is 5. The van der Waals surface area contributed by atoms with Crippen LogP contribution in [0.25, 0.3) is 0 Å². The number of anilines is 2. The van der Waals surface area contributed by atoms with Crippen molar-refractivity contribution in [3.63, 3.8) is 0 Å². The molecule has 5 nitrogen and oxygen atoms in total. The Bertz CT molecular complexity index is 469. The van der Waals surface area contributed by atoms with Crippen molar-refractivity contribution < 1.29 is 4.74 Å². The molecular formula is C11H14N4OS. The van der Waals surface area contributed by atoms with Gasteiger partial charge in [-0.1, -0.05) is 0 Å². The van der Waals surface area contributed by atoms with Crippen molar-refractivity contribution in [3.8, 4) is 5.75 Å². The molecule has 0 saturated carbocycles. The van der Waals surface area contributed by atoms with Crippen molar-refractivity contribution >= 4 is 22.4 Å². The van der Waals surface area contributed by atoms with Crippen molar-refractivity contribution in [2.75, 3.05) is 18.5 Å². The second-order valence-electron chi connectivity index (χ2n) is 3.43. The van der Waals surface area contributed by atoms with E-state index in [1.165, 1.54) is 11.5 Å². The molecule has 0 aliphatic heterocycles. The average molecular weight is 250 g/mol. The Hall–Kier alpha value is -1.66. The molecule has 17 heavy (non-hydrogen) atoms. The minimum absolute atomic E-state index is 0.518. The molecule has 0 fully saturated rings. The summed E-state index contributed by atoms with van der Waals surface area (Å²) in [5.41, 5.74) is 6.32. The molecule has 0 aliphatic carbocycles. The third-order valence-electron chi connectivity index (χ3n) is 2.02. The lowest BCUT2D eigenvalue weighted by molar-refractivity contribution is 0.328. The van der Waals surface area contributed by atoms with Gasteiger partial charge in [-0.2, -0.15) is 4.37 Å². The first-order chi connectivity index (χ1) is 8.28. The molecule has 2 rings (SSSR count). The van der Waals surface area contributed by atoms with Crippen LogP contribution in [0.4, 0.5) is 10.8 Å². The fourth-order valence-corrected chi connectivity index (χ4v) is 1.88. The van der Waals surface area contributed by atoms with Crippen LogP contribution in [0.2, 0.25) is 0 Å². The van der Waals surface area contributed by atoms with E-state index in [9.17, 15) is 0 Å². The van der Waals surface area contributed by atoms with Gasteiger partial charge in [-0.25, -0.2) is 4.98 Å². The third-order valence-corrected chi connectivity index (χ3v) is 2.74. The summed E-state index contributed by atoms with van der Waals surface area (Å²) in [6.07, 6.45) is 0. The SMILES string of the molecule is Cc1nsc(Nc2ccc(OCCN)cc2)n1. The maximum Gasteiger partial charge on any atom is 0.207 e. The van der Waals surface area contributed by atoms with E-state index in [1.54, 1.807) is 0 Å². The summed E-state index contributed by atoms with van der Waals surface area (Å²) in [4.78, 5) is 4.23. The highest BCUT2D eigenvalue weighted by Crippen LogP contribution is 2.20. The van der Waals surface area contributed by atoms with Gasteiger partial charge in [0.25, 0.3) is 0 Å². The smallest absolute Gasteiger partial charge is 0.207 e. The highest BCUT2D eigenvalue weighted by molar-refractivity contribution is 7.09. The summed E-state index contributed by atoms with van der Waals surface area (Å²) in [5.74, 6) is 1.59. The van der Waals surface area contributed by atoms with Crippen LogP contribution in [0.15, 0.2) is 24.3 Å². The molecule has 0 amide bonds. The predicted molar refractivity (Wildman–Crippen MR) is 68.9 cm³/mol. The van der Waals surface area contributed by atoms with E-state index in [2.05, 4.69) is 14.7 Å². The van der Waals surface area contributed by atoms with Crippen LogP contribution < -0.4 is 15.8 Å². The van der Waals surface area contributed by atoms with Crippen LogP contribution >= 0.6 is 11.5 Å². The predicted octanol–water partition coefficient (Wildman–Crippen LogP) is 1.93. The van der Waals surface area contributed by atoms with E-state index in [0.29, 0.717) is 13.2 Å². The minimum Gasteiger partial charge on any atom is -0.492 e. The van der Waals surface area contributed by atoms with Crippen LogP contribution in [0.5, 0.6) is 5.75 Å². The Morgan fingerprint density at radius 3 is 2.71 bits per heavy atom. The minimum atomic E-state index is 0.518. The number of nitrogens with two attached hydrogens (primary N) is 1. The Balaban J connectivity index is 1.98. The van der Waals surface area contributed by atoms with E-state index < -0.39 is 0 Å². The van der Waals surface area contributed by atoms with Gasteiger partial charge in [0.15, 0.2) is 0 Å². The molecule has 90 valence electrons. The van der Waals surface area contributed by atoms with Gasteiger partial charge in [0, 0.05) is 23.8 Å². The van der Waals surface area contributed by atoms with E-state index >= 15 is 0 Å². The molecule has 1 aromatic carbocycles. The van der Waals surface area contributed by atoms with E-state index in [4.69, 9.17) is 10.5 Å². The van der Waals surface area contributed by atoms with Crippen LogP contribution in [0.1, 0.15) is 5.82 Å². The molecular weight excluding hydrogens is 236 g/mol. The lowest BCUT2D eigenvalue weighted by Crippen LogP contribution is -2.10. The van der Waals surface area contributed by atoms with Gasteiger partial charge in [-0.05, 0) is 31.2 Å². The van der Waals surface area contributed by atoms with E-state index in [-0.39, 0.29) is 0 Å². The number of nitrogens with one attached hydrogen (secondary N) is 1. The van der Waals surface area contributed by atoms with Crippen molar-refractivity contribution in [2.45, 2.75) is 6.92 Å². The van der Waals surface area contributed by atoms with Gasteiger partial charge in [0.05, 0.1) is 0 Å². The first-order valence-electron chi connectivity index (χ1n) is 5.28. The Morgan fingerprint density at radius 1 is 1.35 bits per heavy atom. The lowest BCUT2D eigenvalue weighted by atomic mass is 10.3. The van der Waals surface area contributed by atoms with Crippen LogP contribution in [-0.2, 0) is 0 Å². The first-order valence-corrected chi connectivity index (χ1v) is 6.05. The molecule has 2 aromatic rings. The summed E-state index contributed by atoms with van der Waals surface area (Å²) in [6, 6.07) is 7.66. The van der Waals surface area contributed by atoms with Crippen LogP contribution in [0, 0.1) is 6.92 Å². The number of aryl methyl sites for hydroxylation is 1. The molecule has 0 bridgehead atoms. The van der Waals surface area contributed by atoms with Crippen LogP contribution in [-0.4, -0.2) is 22.5 Å². The zero-order valence-electron chi connectivity index (χ0n) is 9.51. The summed E-state index contributed by atoms with van der Waals surface area (Å²) < 4.78 is 9.49. The summed E-state index contributed by atoms with van der Waals surface area (Å²) >= 11 is 1.34. The molecule has 0 unspecified atom stereocenters. The zero-order chi connectivity index (χ0) is 12.1. The number of ether oxygens (including phenoxy) is 1. The fraction of sp³-hybridized carbons (Fsp3) is 0.273. The topological polar surface area (TPSA) is 73.1 Å². The largest absolute Gasteiger partial charge is 0.492 e. The summed E-state index contributed by atoms with van der Waals surface area (Å²) in [7, 11) is 0. The maximum absolute atomic E-state index is 5.39. The highest BCUT2D eigenvalue weighted by atomic mass is 32.1. The standard InChI is InChI=1S/C11H14N4OS/c1-8-13-11(17-15-8)14-9-2-4-10(5-3-9)16-7-6-12/h2-5H,6-7,12H2,1H3,(H,13,14,15). The van der Waals surface area contributed by atoms with E-state index in [1.807, 2.05) is 31.2 Å².